The molecule has 2 aromatic rings. The number of halogens is 3. The van der Waals surface area contributed by atoms with Gasteiger partial charge >= 0.3 is 6.18 Å². The van der Waals surface area contributed by atoms with E-state index in [1.165, 1.54) is 12.1 Å². The second-order valence-electron chi connectivity index (χ2n) is 7.29. The molecule has 1 saturated heterocycles. The lowest BCUT2D eigenvalue weighted by atomic mass is 9.99. The standard InChI is InChI=1S/C24H24F3NOS/c1-17-3-7-20(15-18(17)2)21(16-23(29)28-11-13-30-14-12-28)8-4-19-5-9-22(10-6-19)24(25,26)27/h3-10,15-16H,11-14H2,1-2H3. The van der Waals surface area contributed by atoms with Crippen LogP contribution in [0.2, 0.25) is 0 Å². The summed E-state index contributed by atoms with van der Waals surface area (Å²) in [4.78, 5) is 14.6. The molecule has 6 heteroatoms. The largest absolute Gasteiger partial charge is 0.416 e. The third-order valence-electron chi connectivity index (χ3n) is 5.14. The molecule has 0 atom stereocenters. The summed E-state index contributed by atoms with van der Waals surface area (Å²) in [5, 5.41) is 0. The predicted molar refractivity (Wildman–Crippen MR) is 118 cm³/mol. The zero-order valence-corrected chi connectivity index (χ0v) is 17.8. The number of carbonyl (C=O) groups excluding carboxylic acids is 1. The molecule has 0 bridgehead atoms. The van der Waals surface area contributed by atoms with E-state index in [0.717, 1.165) is 59.0 Å². The summed E-state index contributed by atoms with van der Waals surface area (Å²) < 4.78 is 38.3. The van der Waals surface area contributed by atoms with Gasteiger partial charge < -0.3 is 4.90 Å². The number of benzene rings is 2. The Hall–Kier alpha value is -2.47. The molecule has 0 spiro atoms. The minimum Gasteiger partial charge on any atom is -0.337 e. The van der Waals surface area contributed by atoms with E-state index in [1.807, 2.05) is 48.7 Å². The van der Waals surface area contributed by atoms with Gasteiger partial charge in [0.2, 0.25) is 5.91 Å². The Kier molecular flexibility index (Phi) is 7.08. The third kappa shape index (κ3) is 5.79. The van der Waals surface area contributed by atoms with Gasteiger partial charge in [0.15, 0.2) is 0 Å². The highest BCUT2D eigenvalue weighted by Crippen LogP contribution is 2.29. The van der Waals surface area contributed by atoms with Crippen molar-refractivity contribution in [1.29, 1.82) is 0 Å². The monoisotopic (exact) mass is 431 g/mol. The van der Waals surface area contributed by atoms with Gasteiger partial charge in [-0.05, 0) is 53.8 Å². The van der Waals surface area contributed by atoms with Gasteiger partial charge in [0.25, 0.3) is 0 Å². The number of rotatable bonds is 4. The van der Waals surface area contributed by atoms with E-state index in [1.54, 1.807) is 18.2 Å². The molecule has 1 aliphatic heterocycles. The van der Waals surface area contributed by atoms with Gasteiger partial charge in [-0.15, -0.1) is 0 Å². The lowest BCUT2D eigenvalue weighted by molar-refractivity contribution is -0.137. The molecule has 1 amide bonds. The van der Waals surface area contributed by atoms with Gasteiger partial charge in [0.05, 0.1) is 5.56 Å². The van der Waals surface area contributed by atoms with Crippen molar-refractivity contribution in [2.24, 2.45) is 0 Å². The number of thioether (sulfide) groups is 1. The van der Waals surface area contributed by atoms with E-state index in [-0.39, 0.29) is 5.91 Å². The summed E-state index contributed by atoms with van der Waals surface area (Å²) in [7, 11) is 0. The van der Waals surface area contributed by atoms with E-state index >= 15 is 0 Å². The second-order valence-corrected chi connectivity index (χ2v) is 8.51. The van der Waals surface area contributed by atoms with Crippen LogP contribution in [-0.2, 0) is 11.0 Å². The summed E-state index contributed by atoms with van der Waals surface area (Å²) in [6, 6.07) is 11.0. The molecule has 0 aromatic heterocycles. The molecule has 1 fully saturated rings. The molecular weight excluding hydrogens is 407 g/mol. The second kappa shape index (κ2) is 9.56. The van der Waals surface area contributed by atoms with Gasteiger partial charge in [-0.25, -0.2) is 0 Å². The molecule has 30 heavy (non-hydrogen) atoms. The molecule has 158 valence electrons. The highest BCUT2D eigenvalue weighted by Gasteiger charge is 2.29. The maximum atomic E-state index is 12.8. The molecule has 2 aromatic carbocycles. The smallest absolute Gasteiger partial charge is 0.337 e. The molecule has 1 heterocycles. The van der Waals surface area contributed by atoms with Crippen molar-refractivity contribution in [3.8, 4) is 0 Å². The van der Waals surface area contributed by atoms with Gasteiger partial charge in [0, 0.05) is 30.7 Å². The number of carbonyl (C=O) groups is 1. The van der Waals surface area contributed by atoms with Crippen LogP contribution in [0.3, 0.4) is 0 Å². The van der Waals surface area contributed by atoms with E-state index in [2.05, 4.69) is 0 Å². The van der Waals surface area contributed by atoms with E-state index in [0.29, 0.717) is 5.56 Å². The van der Waals surface area contributed by atoms with Crippen LogP contribution in [0.5, 0.6) is 0 Å². The van der Waals surface area contributed by atoms with Crippen LogP contribution in [0.25, 0.3) is 11.6 Å². The first kappa shape index (κ1) is 22.2. The number of nitrogens with zero attached hydrogens (tertiary/aromatic N) is 1. The Bertz CT molecular complexity index is 955. The molecular formula is C24H24F3NOS. The number of aryl methyl sites for hydroxylation is 2. The number of hydrogen-bond donors (Lipinski definition) is 0. The van der Waals surface area contributed by atoms with Crippen molar-refractivity contribution in [2.75, 3.05) is 24.6 Å². The first-order valence-corrected chi connectivity index (χ1v) is 10.9. The van der Waals surface area contributed by atoms with Crippen molar-refractivity contribution < 1.29 is 18.0 Å². The third-order valence-corrected chi connectivity index (χ3v) is 6.08. The molecule has 0 aliphatic carbocycles. The van der Waals surface area contributed by atoms with Gasteiger partial charge in [-0.1, -0.05) is 42.5 Å². The van der Waals surface area contributed by atoms with Crippen LogP contribution in [0, 0.1) is 13.8 Å². The summed E-state index contributed by atoms with van der Waals surface area (Å²) in [5.74, 6) is 1.82. The summed E-state index contributed by atoms with van der Waals surface area (Å²) in [6.45, 7) is 5.49. The molecule has 3 rings (SSSR count). The molecule has 0 radical (unpaired) electrons. The summed E-state index contributed by atoms with van der Waals surface area (Å²) in [5.41, 5.74) is 3.87. The first-order valence-electron chi connectivity index (χ1n) is 9.75. The van der Waals surface area contributed by atoms with Gasteiger partial charge in [-0.2, -0.15) is 24.9 Å². The quantitative estimate of drug-likeness (QED) is 0.437. The maximum Gasteiger partial charge on any atom is 0.416 e. The SMILES string of the molecule is Cc1ccc(C(C=Cc2ccc(C(F)(F)F)cc2)=CC(=O)N2CCSCC2)cc1C. The molecule has 2 nitrogen and oxygen atoms in total. The van der Waals surface area contributed by atoms with Crippen LogP contribution < -0.4 is 0 Å². The van der Waals surface area contributed by atoms with Crippen molar-refractivity contribution in [2.45, 2.75) is 20.0 Å². The average Bonchev–Trinajstić information content (AvgIpc) is 2.73. The minimum absolute atomic E-state index is 0.0411. The number of amides is 1. The highest BCUT2D eigenvalue weighted by molar-refractivity contribution is 7.99. The van der Waals surface area contributed by atoms with Crippen LogP contribution in [0.1, 0.15) is 27.8 Å². The zero-order chi connectivity index (χ0) is 21.7. The van der Waals surface area contributed by atoms with Crippen LogP contribution >= 0.6 is 11.8 Å². The number of alkyl halides is 3. The summed E-state index contributed by atoms with van der Waals surface area (Å²) in [6.07, 6.45) is 0.802. The maximum absolute atomic E-state index is 12.8. The number of allylic oxidation sites excluding steroid dienone is 2. The van der Waals surface area contributed by atoms with Crippen molar-refractivity contribution in [3.05, 3.63) is 82.4 Å². The normalized spacial score (nSPS) is 15.6. The van der Waals surface area contributed by atoms with Crippen molar-refractivity contribution in [1.82, 2.24) is 4.90 Å². The van der Waals surface area contributed by atoms with Crippen LogP contribution in [0.4, 0.5) is 13.2 Å². The fourth-order valence-electron chi connectivity index (χ4n) is 3.13. The predicted octanol–water partition coefficient (Wildman–Crippen LogP) is 5.99. The number of hydrogen-bond acceptors (Lipinski definition) is 2. The molecule has 1 aliphatic rings. The Morgan fingerprint density at radius 1 is 1.00 bits per heavy atom. The topological polar surface area (TPSA) is 20.3 Å². The first-order chi connectivity index (χ1) is 14.2. The van der Waals surface area contributed by atoms with Gasteiger partial charge in [-0.3, -0.25) is 4.79 Å². The average molecular weight is 432 g/mol. The Balaban J connectivity index is 1.90. The highest BCUT2D eigenvalue weighted by atomic mass is 32.2. The van der Waals surface area contributed by atoms with Gasteiger partial charge in [0.1, 0.15) is 0 Å². The van der Waals surface area contributed by atoms with Crippen molar-refractivity contribution >= 4 is 29.3 Å². The molecule has 0 unspecified atom stereocenters. The Morgan fingerprint density at radius 2 is 1.67 bits per heavy atom. The van der Waals surface area contributed by atoms with E-state index < -0.39 is 11.7 Å². The van der Waals surface area contributed by atoms with Crippen LogP contribution in [-0.4, -0.2) is 35.4 Å². The lowest BCUT2D eigenvalue weighted by Crippen LogP contribution is -2.36. The van der Waals surface area contributed by atoms with Crippen LogP contribution in [0.15, 0.2) is 54.6 Å². The van der Waals surface area contributed by atoms with Crippen molar-refractivity contribution in [3.63, 3.8) is 0 Å². The fourth-order valence-corrected chi connectivity index (χ4v) is 4.03. The lowest BCUT2D eigenvalue weighted by Gasteiger charge is -2.25. The Labute approximate surface area is 179 Å². The minimum atomic E-state index is -4.36. The summed E-state index contributed by atoms with van der Waals surface area (Å²) >= 11 is 1.84. The van der Waals surface area contributed by atoms with E-state index in [4.69, 9.17) is 0 Å². The molecule has 0 saturated carbocycles. The molecule has 0 N–H and O–H groups in total. The fraction of sp³-hybridized carbons (Fsp3) is 0.292. The van der Waals surface area contributed by atoms with E-state index in [9.17, 15) is 18.0 Å². The Morgan fingerprint density at radius 3 is 2.27 bits per heavy atom. The zero-order valence-electron chi connectivity index (χ0n) is 17.0.